The van der Waals surface area contributed by atoms with E-state index in [4.69, 9.17) is 5.73 Å². The number of nitrogens with one attached hydrogen (secondary N) is 1. The van der Waals surface area contributed by atoms with Crippen LogP contribution in [0.25, 0.3) is 0 Å². The molecule has 0 heterocycles. The fraction of sp³-hybridized carbons (Fsp3) is 0.133. The number of rotatable bonds is 3. The Morgan fingerprint density at radius 3 is 2.40 bits per heavy atom. The molecule has 3 nitrogen and oxygen atoms in total. The van der Waals surface area contributed by atoms with Crippen LogP contribution in [-0.2, 0) is 0 Å². The highest BCUT2D eigenvalue weighted by Crippen LogP contribution is 2.16. The molecule has 0 aliphatic rings. The van der Waals surface area contributed by atoms with Crippen molar-refractivity contribution in [3.05, 3.63) is 65.2 Å². The van der Waals surface area contributed by atoms with E-state index in [9.17, 15) is 13.6 Å². The van der Waals surface area contributed by atoms with Gasteiger partial charge in [0.15, 0.2) is 0 Å². The van der Waals surface area contributed by atoms with Crippen LogP contribution in [0.5, 0.6) is 0 Å². The highest BCUT2D eigenvalue weighted by molar-refractivity contribution is 5.95. The van der Waals surface area contributed by atoms with Gasteiger partial charge in [-0.2, -0.15) is 0 Å². The number of anilines is 1. The third-order valence-corrected chi connectivity index (χ3v) is 2.96. The normalized spacial score (nSPS) is 11.9. The van der Waals surface area contributed by atoms with E-state index in [0.29, 0.717) is 0 Å². The van der Waals surface area contributed by atoms with Crippen molar-refractivity contribution in [3.8, 4) is 0 Å². The number of carbonyl (C=O) groups excluding carboxylic acids is 1. The number of amides is 1. The van der Waals surface area contributed by atoms with Gasteiger partial charge < -0.3 is 11.1 Å². The molecular formula is C15H14F2N2O. The predicted molar refractivity (Wildman–Crippen MR) is 73.1 cm³/mol. The zero-order chi connectivity index (χ0) is 14.7. The summed E-state index contributed by atoms with van der Waals surface area (Å²) in [6.07, 6.45) is 0. The third kappa shape index (κ3) is 3.12. The maximum Gasteiger partial charge on any atom is 0.254 e. The molecule has 1 atom stereocenters. The number of nitrogen functional groups attached to an aromatic ring is 1. The van der Waals surface area contributed by atoms with Crippen LogP contribution in [0.1, 0.15) is 28.9 Å². The van der Waals surface area contributed by atoms with Gasteiger partial charge in [-0.25, -0.2) is 8.78 Å². The van der Waals surface area contributed by atoms with E-state index in [-0.39, 0.29) is 23.1 Å². The average molecular weight is 276 g/mol. The second-order valence-corrected chi connectivity index (χ2v) is 4.49. The summed E-state index contributed by atoms with van der Waals surface area (Å²) in [5, 5.41) is 2.65. The van der Waals surface area contributed by atoms with Gasteiger partial charge in [-0.1, -0.05) is 12.1 Å². The van der Waals surface area contributed by atoms with Crippen molar-refractivity contribution < 1.29 is 13.6 Å². The first-order chi connectivity index (χ1) is 9.47. The smallest absolute Gasteiger partial charge is 0.254 e. The fourth-order valence-corrected chi connectivity index (χ4v) is 1.82. The summed E-state index contributed by atoms with van der Waals surface area (Å²) in [7, 11) is 0. The molecule has 0 spiro atoms. The predicted octanol–water partition coefficient (Wildman–Crippen LogP) is 3.04. The van der Waals surface area contributed by atoms with E-state index in [1.165, 1.54) is 24.3 Å². The molecule has 5 heteroatoms. The minimum atomic E-state index is -0.672. The lowest BCUT2D eigenvalue weighted by Gasteiger charge is -2.14. The fourth-order valence-electron chi connectivity index (χ4n) is 1.82. The van der Waals surface area contributed by atoms with Gasteiger partial charge in [-0.3, -0.25) is 4.79 Å². The third-order valence-electron chi connectivity index (χ3n) is 2.96. The molecule has 0 radical (unpaired) electrons. The molecule has 0 saturated carbocycles. The molecule has 1 amide bonds. The SMILES string of the molecule is CC(NC(=O)c1ccc(N)cc1F)c1ccc(F)cc1. The topological polar surface area (TPSA) is 55.1 Å². The Labute approximate surface area is 115 Å². The van der Waals surface area contributed by atoms with Gasteiger partial charge in [-0.15, -0.1) is 0 Å². The largest absolute Gasteiger partial charge is 0.399 e. The summed E-state index contributed by atoms with van der Waals surface area (Å²) in [4.78, 5) is 12.0. The van der Waals surface area contributed by atoms with Crippen LogP contribution in [0, 0.1) is 11.6 Å². The molecule has 2 rings (SSSR count). The number of carbonyl (C=O) groups is 1. The van der Waals surface area contributed by atoms with Gasteiger partial charge in [0.25, 0.3) is 5.91 Å². The van der Waals surface area contributed by atoms with Gasteiger partial charge in [0.1, 0.15) is 11.6 Å². The zero-order valence-electron chi connectivity index (χ0n) is 10.9. The molecule has 0 bridgehead atoms. The molecule has 3 N–H and O–H groups in total. The minimum absolute atomic E-state index is 0.0758. The Balaban J connectivity index is 2.13. The van der Waals surface area contributed by atoms with Crippen molar-refractivity contribution in [2.75, 3.05) is 5.73 Å². The number of hydrogen-bond donors (Lipinski definition) is 2. The van der Waals surface area contributed by atoms with Crippen LogP contribution in [0.3, 0.4) is 0 Å². The van der Waals surface area contributed by atoms with Crippen LogP contribution in [0.2, 0.25) is 0 Å². The quantitative estimate of drug-likeness (QED) is 0.847. The lowest BCUT2D eigenvalue weighted by molar-refractivity contribution is 0.0936. The van der Waals surface area contributed by atoms with E-state index < -0.39 is 11.7 Å². The van der Waals surface area contributed by atoms with Crippen LogP contribution in [0.15, 0.2) is 42.5 Å². The molecule has 0 aromatic heterocycles. The number of halogens is 2. The lowest BCUT2D eigenvalue weighted by Crippen LogP contribution is -2.27. The van der Waals surface area contributed by atoms with E-state index >= 15 is 0 Å². The highest BCUT2D eigenvalue weighted by Gasteiger charge is 2.15. The van der Waals surface area contributed by atoms with E-state index in [0.717, 1.165) is 11.6 Å². The average Bonchev–Trinajstić information content (AvgIpc) is 2.39. The van der Waals surface area contributed by atoms with E-state index in [1.807, 2.05) is 0 Å². The van der Waals surface area contributed by atoms with Crippen LogP contribution >= 0.6 is 0 Å². The Kier molecular flexibility index (Phi) is 3.98. The maximum absolute atomic E-state index is 13.6. The first-order valence-corrected chi connectivity index (χ1v) is 6.08. The first-order valence-electron chi connectivity index (χ1n) is 6.08. The monoisotopic (exact) mass is 276 g/mol. The first kappa shape index (κ1) is 14.0. The standard InChI is InChI=1S/C15H14F2N2O/c1-9(10-2-4-11(16)5-3-10)19-15(20)13-7-6-12(18)8-14(13)17/h2-9H,18H2,1H3,(H,19,20). The minimum Gasteiger partial charge on any atom is -0.399 e. The van der Waals surface area contributed by atoms with Crippen molar-refractivity contribution in [1.29, 1.82) is 0 Å². The van der Waals surface area contributed by atoms with Crippen LogP contribution in [-0.4, -0.2) is 5.91 Å². The van der Waals surface area contributed by atoms with Gasteiger partial charge >= 0.3 is 0 Å². The lowest BCUT2D eigenvalue weighted by atomic mass is 10.1. The molecule has 0 aliphatic carbocycles. The molecule has 20 heavy (non-hydrogen) atoms. The maximum atomic E-state index is 13.6. The van der Waals surface area contributed by atoms with E-state index in [2.05, 4.69) is 5.32 Å². The van der Waals surface area contributed by atoms with Crippen LogP contribution < -0.4 is 11.1 Å². The summed E-state index contributed by atoms with van der Waals surface area (Å²) >= 11 is 0. The molecule has 2 aromatic rings. The molecular weight excluding hydrogens is 262 g/mol. The summed E-state index contributed by atoms with van der Waals surface area (Å²) in [5.74, 6) is -1.56. The van der Waals surface area contributed by atoms with Crippen molar-refractivity contribution in [1.82, 2.24) is 5.32 Å². The second kappa shape index (κ2) is 5.69. The molecule has 0 aliphatic heterocycles. The van der Waals surface area contributed by atoms with E-state index in [1.54, 1.807) is 19.1 Å². The Bertz CT molecular complexity index is 626. The van der Waals surface area contributed by atoms with Crippen molar-refractivity contribution >= 4 is 11.6 Å². The molecule has 104 valence electrons. The van der Waals surface area contributed by atoms with Crippen LogP contribution in [0.4, 0.5) is 14.5 Å². The van der Waals surface area contributed by atoms with Gasteiger partial charge in [0.05, 0.1) is 11.6 Å². The summed E-state index contributed by atoms with van der Waals surface area (Å²) in [6, 6.07) is 9.28. The molecule has 2 aromatic carbocycles. The van der Waals surface area contributed by atoms with Gasteiger partial charge in [-0.05, 0) is 42.8 Å². The zero-order valence-corrected chi connectivity index (χ0v) is 10.9. The highest BCUT2D eigenvalue weighted by atomic mass is 19.1. The number of nitrogens with two attached hydrogens (primary N) is 1. The Morgan fingerprint density at radius 1 is 1.15 bits per heavy atom. The van der Waals surface area contributed by atoms with Crippen molar-refractivity contribution in [2.45, 2.75) is 13.0 Å². The van der Waals surface area contributed by atoms with Crippen molar-refractivity contribution in [2.24, 2.45) is 0 Å². The Morgan fingerprint density at radius 2 is 1.80 bits per heavy atom. The number of benzene rings is 2. The molecule has 1 unspecified atom stereocenters. The Hall–Kier alpha value is -2.43. The summed E-state index contributed by atoms with van der Waals surface area (Å²) in [6.45, 7) is 1.74. The summed E-state index contributed by atoms with van der Waals surface area (Å²) < 4.78 is 26.4. The van der Waals surface area contributed by atoms with Gasteiger partial charge in [0.2, 0.25) is 0 Å². The second-order valence-electron chi connectivity index (χ2n) is 4.49. The number of hydrogen-bond acceptors (Lipinski definition) is 2. The summed E-state index contributed by atoms with van der Waals surface area (Å²) in [5.41, 5.74) is 6.34. The molecule has 0 saturated heterocycles. The van der Waals surface area contributed by atoms with Crippen molar-refractivity contribution in [3.63, 3.8) is 0 Å². The van der Waals surface area contributed by atoms with Gasteiger partial charge in [0, 0.05) is 5.69 Å². The molecule has 0 fully saturated rings.